The number of alkyl halides is 2. The van der Waals surface area contributed by atoms with Crippen LogP contribution in [-0.2, 0) is 0 Å². The number of rotatable bonds is 1. The molecule has 0 atom stereocenters. The maximum atomic E-state index is 12.7. The van der Waals surface area contributed by atoms with Gasteiger partial charge in [0.25, 0.3) is 0 Å². The van der Waals surface area contributed by atoms with Gasteiger partial charge in [0.05, 0.1) is 6.54 Å². The minimum atomic E-state index is -3.57. The van der Waals surface area contributed by atoms with Crippen LogP contribution in [0.5, 0.6) is 11.5 Å². The lowest BCUT2D eigenvalue weighted by molar-refractivity contribution is -0.286. The first-order valence-corrected chi connectivity index (χ1v) is 4.64. The number of halogens is 2. The molecular formula is C11H9F2NO2. The van der Waals surface area contributed by atoms with Crippen molar-refractivity contribution in [3.05, 3.63) is 23.8 Å². The average Bonchev–Trinajstić information content (AvgIpc) is 2.51. The van der Waals surface area contributed by atoms with E-state index in [1.165, 1.54) is 12.1 Å². The van der Waals surface area contributed by atoms with Crippen LogP contribution in [0.25, 0.3) is 0 Å². The van der Waals surface area contributed by atoms with E-state index < -0.39 is 6.29 Å². The van der Waals surface area contributed by atoms with Gasteiger partial charge in [-0.25, -0.2) is 0 Å². The summed E-state index contributed by atoms with van der Waals surface area (Å²) >= 11 is 0. The van der Waals surface area contributed by atoms with Crippen LogP contribution >= 0.6 is 0 Å². The summed E-state index contributed by atoms with van der Waals surface area (Å²) in [5, 5.41) is 2.85. The first-order valence-electron chi connectivity index (χ1n) is 4.64. The van der Waals surface area contributed by atoms with Crippen molar-refractivity contribution in [1.29, 1.82) is 0 Å². The van der Waals surface area contributed by atoms with Gasteiger partial charge in [-0.3, -0.25) is 0 Å². The molecule has 5 heteroatoms. The third-order valence-electron chi connectivity index (χ3n) is 1.90. The Bertz CT molecular complexity index is 463. The van der Waals surface area contributed by atoms with Crippen LogP contribution in [0.15, 0.2) is 18.2 Å². The van der Waals surface area contributed by atoms with Crippen LogP contribution in [-0.4, -0.2) is 19.9 Å². The predicted molar refractivity (Wildman–Crippen MR) is 53.4 cm³/mol. The monoisotopic (exact) mass is 225 g/mol. The van der Waals surface area contributed by atoms with E-state index in [2.05, 4.69) is 26.6 Å². The topological polar surface area (TPSA) is 30.5 Å². The minimum Gasteiger partial charge on any atom is -0.395 e. The highest BCUT2D eigenvalue weighted by Crippen LogP contribution is 2.40. The van der Waals surface area contributed by atoms with E-state index in [0.717, 1.165) is 0 Å². The molecule has 0 unspecified atom stereocenters. The molecular weight excluding hydrogens is 216 g/mol. The second-order valence-electron chi connectivity index (χ2n) is 3.16. The molecule has 0 spiro atoms. The summed E-state index contributed by atoms with van der Waals surface area (Å²) in [7, 11) is 1.77. The molecule has 1 aliphatic rings. The Morgan fingerprint density at radius 3 is 2.81 bits per heavy atom. The Labute approximate surface area is 91.4 Å². The molecule has 1 heterocycles. The number of benzene rings is 1. The van der Waals surface area contributed by atoms with E-state index in [9.17, 15) is 8.78 Å². The summed E-state index contributed by atoms with van der Waals surface area (Å²) in [6, 6.07) is 4.45. The molecule has 0 fully saturated rings. The highest BCUT2D eigenvalue weighted by atomic mass is 19.3. The van der Waals surface area contributed by atoms with Gasteiger partial charge in [0, 0.05) is 11.6 Å². The molecule has 1 aromatic rings. The van der Waals surface area contributed by atoms with E-state index in [0.29, 0.717) is 12.1 Å². The van der Waals surface area contributed by atoms with Crippen LogP contribution in [0.4, 0.5) is 8.78 Å². The molecule has 0 amide bonds. The highest BCUT2D eigenvalue weighted by molar-refractivity contribution is 5.49. The van der Waals surface area contributed by atoms with Crippen molar-refractivity contribution >= 4 is 0 Å². The standard InChI is InChI=1S/C11H9F2NO2/c1-14-6-2-3-8-4-5-9-10(7-8)16-11(12,13)15-9/h4-5,7,14H,6H2,1H3. The summed E-state index contributed by atoms with van der Waals surface area (Å²) in [5.74, 6) is 5.67. The van der Waals surface area contributed by atoms with Crippen LogP contribution in [0.1, 0.15) is 5.56 Å². The van der Waals surface area contributed by atoms with E-state index >= 15 is 0 Å². The Balaban J connectivity index is 2.20. The van der Waals surface area contributed by atoms with Gasteiger partial charge in [-0.15, -0.1) is 8.78 Å². The largest absolute Gasteiger partial charge is 0.586 e. The first-order chi connectivity index (χ1) is 7.61. The van der Waals surface area contributed by atoms with Crippen LogP contribution in [0.2, 0.25) is 0 Å². The smallest absolute Gasteiger partial charge is 0.395 e. The molecule has 0 saturated carbocycles. The Hall–Kier alpha value is -1.80. The zero-order chi connectivity index (χ0) is 11.6. The Kier molecular flexibility index (Phi) is 2.67. The summed E-state index contributed by atoms with van der Waals surface area (Å²) in [5.41, 5.74) is 0.607. The fourth-order valence-electron chi connectivity index (χ4n) is 1.26. The van der Waals surface area contributed by atoms with Crippen LogP contribution in [0, 0.1) is 11.8 Å². The van der Waals surface area contributed by atoms with Crippen molar-refractivity contribution in [3.8, 4) is 23.3 Å². The maximum Gasteiger partial charge on any atom is 0.586 e. The zero-order valence-electron chi connectivity index (χ0n) is 8.51. The molecule has 0 aromatic heterocycles. The van der Waals surface area contributed by atoms with Gasteiger partial charge in [0.1, 0.15) is 0 Å². The van der Waals surface area contributed by atoms with Gasteiger partial charge < -0.3 is 14.8 Å². The van der Waals surface area contributed by atoms with Crippen molar-refractivity contribution in [2.24, 2.45) is 0 Å². The molecule has 1 aliphatic heterocycles. The summed E-state index contributed by atoms with van der Waals surface area (Å²) in [4.78, 5) is 0. The van der Waals surface area contributed by atoms with Crippen molar-refractivity contribution in [2.45, 2.75) is 6.29 Å². The third-order valence-corrected chi connectivity index (χ3v) is 1.90. The highest BCUT2D eigenvalue weighted by Gasteiger charge is 2.43. The lowest BCUT2D eigenvalue weighted by Crippen LogP contribution is -2.25. The van der Waals surface area contributed by atoms with E-state index in [1.807, 2.05) is 0 Å². The number of nitrogens with one attached hydrogen (secondary N) is 1. The minimum absolute atomic E-state index is 0.0151. The van der Waals surface area contributed by atoms with Gasteiger partial charge in [-0.05, 0) is 19.2 Å². The zero-order valence-corrected chi connectivity index (χ0v) is 8.51. The summed E-state index contributed by atoms with van der Waals surface area (Å²) in [6.45, 7) is 0.532. The molecule has 3 nitrogen and oxygen atoms in total. The molecule has 0 saturated heterocycles. The second-order valence-corrected chi connectivity index (χ2v) is 3.16. The van der Waals surface area contributed by atoms with Crippen LogP contribution in [0.3, 0.4) is 0 Å². The molecule has 1 aromatic carbocycles. The van der Waals surface area contributed by atoms with E-state index in [1.54, 1.807) is 13.1 Å². The lowest BCUT2D eigenvalue weighted by atomic mass is 10.2. The van der Waals surface area contributed by atoms with Gasteiger partial charge in [0.15, 0.2) is 11.5 Å². The first kappa shape index (κ1) is 10.7. The summed E-state index contributed by atoms with van der Waals surface area (Å²) in [6.07, 6.45) is -3.57. The van der Waals surface area contributed by atoms with Crippen molar-refractivity contribution in [1.82, 2.24) is 5.32 Å². The number of ether oxygens (including phenoxy) is 2. The van der Waals surface area contributed by atoms with E-state index in [4.69, 9.17) is 0 Å². The normalized spacial score (nSPS) is 15.4. The van der Waals surface area contributed by atoms with Crippen molar-refractivity contribution in [3.63, 3.8) is 0 Å². The molecule has 84 valence electrons. The van der Waals surface area contributed by atoms with Gasteiger partial charge in [-0.2, -0.15) is 0 Å². The fourth-order valence-corrected chi connectivity index (χ4v) is 1.26. The Morgan fingerprint density at radius 2 is 2.06 bits per heavy atom. The second kappa shape index (κ2) is 3.99. The number of hydrogen-bond donors (Lipinski definition) is 1. The molecule has 0 bridgehead atoms. The third kappa shape index (κ3) is 2.23. The predicted octanol–water partition coefficient (Wildman–Crippen LogP) is 1.58. The molecule has 1 N–H and O–H groups in total. The number of hydrogen-bond acceptors (Lipinski definition) is 3. The van der Waals surface area contributed by atoms with Crippen LogP contribution < -0.4 is 14.8 Å². The number of fused-ring (bicyclic) bond motifs is 1. The molecule has 0 aliphatic carbocycles. The molecule has 2 rings (SSSR count). The van der Waals surface area contributed by atoms with Crippen molar-refractivity contribution in [2.75, 3.05) is 13.6 Å². The lowest BCUT2D eigenvalue weighted by Gasteiger charge is -2.04. The molecule has 16 heavy (non-hydrogen) atoms. The molecule has 0 radical (unpaired) electrons. The fraction of sp³-hybridized carbons (Fsp3) is 0.273. The summed E-state index contributed by atoms with van der Waals surface area (Å²) < 4.78 is 33.9. The SMILES string of the molecule is CNCC#Cc1ccc2c(c1)OC(F)(F)O2. The van der Waals surface area contributed by atoms with Gasteiger partial charge in [0.2, 0.25) is 0 Å². The average molecular weight is 225 g/mol. The van der Waals surface area contributed by atoms with Gasteiger partial charge >= 0.3 is 6.29 Å². The quantitative estimate of drug-likeness (QED) is 0.736. The Morgan fingerprint density at radius 1 is 1.31 bits per heavy atom. The van der Waals surface area contributed by atoms with Crippen molar-refractivity contribution < 1.29 is 18.3 Å². The van der Waals surface area contributed by atoms with Gasteiger partial charge in [-0.1, -0.05) is 11.8 Å². The maximum absolute atomic E-state index is 12.7. The van der Waals surface area contributed by atoms with E-state index in [-0.39, 0.29) is 11.5 Å².